The highest BCUT2D eigenvalue weighted by Gasteiger charge is 2.19. The molecule has 1 aromatic carbocycles. The highest BCUT2D eigenvalue weighted by atomic mass is 16.5. The molecule has 1 aromatic heterocycles. The average molecular weight is 312 g/mol. The molecule has 2 aromatic rings. The second-order valence-corrected chi connectivity index (χ2v) is 5.38. The normalized spacial score (nSPS) is 16.3. The lowest BCUT2D eigenvalue weighted by molar-refractivity contribution is -0.116. The summed E-state index contributed by atoms with van der Waals surface area (Å²) in [7, 11) is 0. The summed E-state index contributed by atoms with van der Waals surface area (Å²) in [6.45, 7) is 0.487. The molecule has 3 heterocycles. The van der Waals surface area contributed by atoms with Crippen LogP contribution in [0.5, 0.6) is 5.75 Å². The van der Waals surface area contributed by atoms with Crippen LogP contribution in [0.3, 0.4) is 0 Å². The van der Waals surface area contributed by atoms with E-state index in [1.54, 1.807) is 6.20 Å². The van der Waals surface area contributed by atoms with Gasteiger partial charge in [0.2, 0.25) is 5.91 Å². The highest BCUT2D eigenvalue weighted by Crippen LogP contribution is 2.38. The number of hydrogen-bond acceptors (Lipinski definition) is 7. The fourth-order valence-corrected chi connectivity index (χ4v) is 2.68. The minimum Gasteiger partial charge on any atom is -0.488 e. The second-order valence-electron chi connectivity index (χ2n) is 5.38. The Morgan fingerprint density at radius 3 is 3.00 bits per heavy atom. The Kier molecular flexibility index (Phi) is 3.64. The monoisotopic (exact) mass is 312 g/mol. The first-order valence-electron chi connectivity index (χ1n) is 7.30. The molecule has 0 bridgehead atoms. The van der Waals surface area contributed by atoms with Crippen LogP contribution in [0.2, 0.25) is 0 Å². The number of nitrogens with zero attached hydrogens (tertiary/aromatic N) is 1. The summed E-state index contributed by atoms with van der Waals surface area (Å²) in [5, 5.41) is 2.88. The van der Waals surface area contributed by atoms with Crippen molar-refractivity contribution >= 4 is 11.6 Å². The molecule has 0 unspecified atom stereocenters. The third-order valence-electron chi connectivity index (χ3n) is 3.79. The fraction of sp³-hybridized carbons (Fsp3) is 0.200. The molecule has 1 fully saturated rings. The number of nitrogens with one attached hydrogen (secondary N) is 5. The first kappa shape index (κ1) is 14.1. The Labute approximate surface area is 132 Å². The molecule has 0 saturated carbocycles. The molecule has 0 spiro atoms. The number of rotatable bonds is 3. The lowest BCUT2D eigenvalue weighted by atomic mass is 9.98. The van der Waals surface area contributed by atoms with Gasteiger partial charge in [0.15, 0.2) is 0 Å². The van der Waals surface area contributed by atoms with Gasteiger partial charge in [-0.3, -0.25) is 9.78 Å². The number of hydrazine groups is 3. The van der Waals surface area contributed by atoms with E-state index in [2.05, 4.69) is 32.2 Å². The largest absolute Gasteiger partial charge is 0.488 e. The zero-order valence-corrected chi connectivity index (χ0v) is 12.2. The van der Waals surface area contributed by atoms with Crippen molar-refractivity contribution < 1.29 is 9.53 Å². The Morgan fingerprint density at radius 2 is 2.13 bits per heavy atom. The number of amides is 1. The van der Waals surface area contributed by atoms with Gasteiger partial charge >= 0.3 is 0 Å². The molecular formula is C15H16N6O2. The summed E-state index contributed by atoms with van der Waals surface area (Å²) in [6, 6.07) is 7.66. The number of hydrogen-bond donors (Lipinski definition) is 5. The molecule has 0 atom stereocenters. The van der Waals surface area contributed by atoms with Crippen LogP contribution in [0.4, 0.5) is 5.69 Å². The van der Waals surface area contributed by atoms with E-state index in [0.717, 1.165) is 22.4 Å². The zero-order chi connectivity index (χ0) is 15.6. The third kappa shape index (κ3) is 2.88. The fourth-order valence-electron chi connectivity index (χ4n) is 2.68. The van der Waals surface area contributed by atoms with Crippen LogP contribution in [0.15, 0.2) is 36.7 Å². The molecule has 118 valence electrons. The number of anilines is 1. The van der Waals surface area contributed by atoms with Crippen LogP contribution in [0.25, 0.3) is 11.1 Å². The van der Waals surface area contributed by atoms with Crippen LogP contribution in [0, 0.1) is 0 Å². The van der Waals surface area contributed by atoms with Gasteiger partial charge in [-0.1, -0.05) is 0 Å². The minimum absolute atomic E-state index is 0.0964. The molecule has 0 aliphatic carbocycles. The first-order valence-corrected chi connectivity index (χ1v) is 7.30. The maximum atomic E-state index is 12.0. The van der Waals surface area contributed by atoms with E-state index in [-0.39, 0.29) is 18.5 Å². The molecule has 8 nitrogen and oxygen atoms in total. The van der Waals surface area contributed by atoms with Gasteiger partial charge in [-0.25, -0.2) is 10.9 Å². The summed E-state index contributed by atoms with van der Waals surface area (Å²) < 4.78 is 5.77. The number of ether oxygens (including phenoxy) is 1. The Hall–Kier alpha value is -2.52. The van der Waals surface area contributed by atoms with Crippen molar-refractivity contribution in [1.29, 1.82) is 0 Å². The van der Waals surface area contributed by atoms with E-state index in [0.29, 0.717) is 12.3 Å². The molecule has 2 aliphatic heterocycles. The van der Waals surface area contributed by atoms with Crippen molar-refractivity contribution in [3.8, 4) is 16.9 Å². The maximum Gasteiger partial charge on any atom is 0.227 e. The number of carbonyl (C=O) groups is 1. The molecule has 5 N–H and O–H groups in total. The smallest absolute Gasteiger partial charge is 0.227 e. The molecule has 1 amide bonds. The van der Waals surface area contributed by atoms with E-state index in [1.807, 2.05) is 30.5 Å². The number of fused-ring (bicyclic) bond motifs is 3. The van der Waals surface area contributed by atoms with Crippen molar-refractivity contribution in [2.45, 2.75) is 19.2 Å². The van der Waals surface area contributed by atoms with Crippen LogP contribution in [0.1, 0.15) is 12.0 Å². The molecule has 0 radical (unpaired) electrons. The molecule has 2 aliphatic rings. The SMILES string of the molecule is O=C(CC1NNNN1)Nc1ccc2c(c1)OCc1cnccc1-2. The number of carbonyl (C=O) groups excluding carboxylic acids is 1. The number of pyridine rings is 1. The van der Waals surface area contributed by atoms with Crippen LogP contribution in [-0.2, 0) is 11.4 Å². The Bertz CT molecular complexity index is 744. The zero-order valence-electron chi connectivity index (χ0n) is 12.2. The summed E-state index contributed by atoms with van der Waals surface area (Å²) in [6.07, 6.45) is 3.71. The van der Waals surface area contributed by atoms with Gasteiger partial charge in [-0.05, 0) is 23.8 Å². The van der Waals surface area contributed by atoms with Crippen molar-refractivity contribution in [2.24, 2.45) is 0 Å². The maximum absolute atomic E-state index is 12.0. The second kappa shape index (κ2) is 5.94. The van der Waals surface area contributed by atoms with Gasteiger partial charge in [-0.2, -0.15) is 11.1 Å². The van der Waals surface area contributed by atoms with Gasteiger partial charge in [0, 0.05) is 35.3 Å². The van der Waals surface area contributed by atoms with Crippen LogP contribution >= 0.6 is 0 Å². The topological polar surface area (TPSA) is 99.3 Å². The van der Waals surface area contributed by atoms with Gasteiger partial charge in [0.1, 0.15) is 12.4 Å². The summed E-state index contributed by atoms with van der Waals surface area (Å²) in [4.78, 5) is 16.2. The standard InChI is InChI=1S/C15H16N6O2/c22-15(6-14-18-20-21-19-14)17-10-1-2-12-11-3-4-16-7-9(11)8-23-13(12)5-10/h1-5,7,14,18-21H,6,8H2,(H,17,22). The predicted molar refractivity (Wildman–Crippen MR) is 83.6 cm³/mol. The number of benzene rings is 1. The number of aromatic nitrogens is 1. The van der Waals surface area contributed by atoms with Crippen LogP contribution < -0.4 is 32.0 Å². The van der Waals surface area contributed by atoms with Crippen molar-refractivity contribution in [3.05, 3.63) is 42.2 Å². The van der Waals surface area contributed by atoms with Crippen molar-refractivity contribution in [3.63, 3.8) is 0 Å². The molecule has 1 saturated heterocycles. The third-order valence-corrected chi connectivity index (χ3v) is 3.79. The molecular weight excluding hydrogens is 296 g/mol. The van der Waals surface area contributed by atoms with E-state index < -0.39 is 0 Å². The Morgan fingerprint density at radius 1 is 1.26 bits per heavy atom. The summed E-state index contributed by atoms with van der Waals surface area (Å²) >= 11 is 0. The average Bonchev–Trinajstić information content (AvgIpc) is 3.07. The van der Waals surface area contributed by atoms with Gasteiger partial charge < -0.3 is 10.1 Å². The Balaban J connectivity index is 1.51. The van der Waals surface area contributed by atoms with Gasteiger partial charge in [0.25, 0.3) is 0 Å². The molecule has 4 rings (SSSR count). The quantitative estimate of drug-likeness (QED) is 0.560. The minimum atomic E-state index is -0.164. The predicted octanol–water partition coefficient (Wildman–Crippen LogP) is 0.413. The van der Waals surface area contributed by atoms with E-state index >= 15 is 0 Å². The lowest BCUT2D eigenvalue weighted by Crippen LogP contribution is -2.37. The molecule has 23 heavy (non-hydrogen) atoms. The van der Waals surface area contributed by atoms with Gasteiger partial charge in [-0.15, -0.1) is 0 Å². The van der Waals surface area contributed by atoms with Crippen molar-refractivity contribution in [2.75, 3.05) is 5.32 Å². The van der Waals surface area contributed by atoms with E-state index in [9.17, 15) is 4.79 Å². The highest BCUT2D eigenvalue weighted by molar-refractivity contribution is 5.92. The lowest BCUT2D eigenvalue weighted by Gasteiger charge is -2.21. The van der Waals surface area contributed by atoms with Gasteiger partial charge in [0.05, 0.1) is 12.6 Å². The van der Waals surface area contributed by atoms with E-state index in [1.165, 1.54) is 0 Å². The first-order chi connectivity index (χ1) is 11.3. The summed E-state index contributed by atoms with van der Waals surface area (Å²) in [5.74, 6) is 0.669. The summed E-state index contributed by atoms with van der Waals surface area (Å²) in [5.41, 5.74) is 15.0. The van der Waals surface area contributed by atoms with Crippen LogP contribution in [-0.4, -0.2) is 17.1 Å². The molecule has 8 heteroatoms. The van der Waals surface area contributed by atoms with E-state index in [4.69, 9.17) is 4.74 Å². The van der Waals surface area contributed by atoms with Crippen molar-refractivity contribution in [1.82, 2.24) is 26.9 Å².